The van der Waals surface area contributed by atoms with Crippen molar-refractivity contribution in [2.45, 2.75) is 25.6 Å². The second-order valence-electron chi connectivity index (χ2n) is 7.65. The van der Waals surface area contributed by atoms with Gasteiger partial charge in [-0.25, -0.2) is 0 Å². The number of benzene rings is 2. The number of nitrogens with zero attached hydrogens (tertiary/aromatic N) is 1. The molecule has 0 saturated heterocycles. The van der Waals surface area contributed by atoms with Crippen LogP contribution < -0.4 is 9.47 Å². The summed E-state index contributed by atoms with van der Waals surface area (Å²) in [6.07, 6.45) is -2.53. The molecule has 0 bridgehead atoms. The highest BCUT2D eigenvalue weighted by Gasteiger charge is 2.32. The van der Waals surface area contributed by atoms with Crippen LogP contribution >= 0.6 is 12.4 Å². The van der Waals surface area contributed by atoms with E-state index in [1.165, 1.54) is 12.1 Å². The SMILES string of the molecule is CN(C)CCOc1ccc2c(c1)OC(C)(C)C=C2c1cccc(C(F)(F)F)c1.Cl. The third kappa shape index (κ3) is 5.67. The third-order valence-corrected chi connectivity index (χ3v) is 4.42. The van der Waals surface area contributed by atoms with E-state index in [9.17, 15) is 13.2 Å². The number of likely N-dealkylation sites (N-methyl/N-ethyl adjacent to an activating group) is 1. The van der Waals surface area contributed by atoms with Gasteiger partial charge in [0.2, 0.25) is 0 Å². The highest BCUT2D eigenvalue weighted by molar-refractivity contribution is 5.85. The van der Waals surface area contributed by atoms with Crippen LogP contribution in [0.2, 0.25) is 0 Å². The van der Waals surface area contributed by atoms with Gasteiger partial charge in [0.15, 0.2) is 0 Å². The van der Waals surface area contributed by atoms with E-state index in [1.807, 2.05) is 51.1 Å². The summed E-state index contributed by atoms with van der Waals surface area (Å²) in [6.45, 7) is 5.07. The maximum Gasteiger partial charge on any atom is 0.416 e. The van der Waals surface area contributed by atoms with E-state index >= 15 is 0 Å². The summed E-state index contributed by atoms with van der Waals surface area (Å²) in [4.78, 5) is 2.02. The van der Waals surface area contributed by atoms with Crippen LogP contribution in [0.25, 0.3) is 5.57 Å². The van der Waals surface area contributed by atoms with Crippen molar-refractivity contribution < 1.29 is 22.6 Å². The summed E-state index contributed by atoms with van der Waals surface area (Å²) in [7, 11) is 3.93. The molecule has 2 aromatic rings. The van der Waals surface area contributed by atoms with E-state index in [4.69, 9.17) is 9.47 Å². The minimum atomic E-state index is -4.38. The molecule has 3 rings (SSSR count). The Morgan fingerprint density at radius 3 is 2.45 bits per heavy atom. The van der Waals surface area contributed by atoms with Crippen molar-refractivity contribution in [1.82, 2.24) is 4.90 Å². The predicted octanol–water partition coefficient (Wildman–Crippen LogP) is 5.67. The molecule has 0 atom stereocenters. The standard InChI is InChI=1S/C22H24F3NO2.ClH/c1-21(2)14-19(15-6-5-7-16(12-15)22(23,24)25)18-9-8-17(13-20(18)28-21)27-11-10-26(3)4;/h5-9,12-14H,10-11H2,1-4H3;1H. The Kier molecular flexibility index (Phi) is 6.91. The zero-order valence-corrected chi connectivity index (χ0v) is 17.7. The Bertz CT molecular complexity index is 892. The molecule has 158 valence electrons. The first-order chi connectivity index (χ1) is 13.0. The normalized spacial score (nSPS) is 15.1. The van der Waals surface area contributed by atoms with Crippen molar-refractivity contribution in [2.24, 2.45) is 0 Å². The van der Waals surface area contributed by atoms with Crippen molar-refractivity contribution in [3.8, 4) is 11.5 Å². The van der Waals surface area contributed by atoms with Crippen LogP contribution in [0.4, 0.5) is 13.2 Å². The van der Waals surface area contributed by atoms with Crippen LogP contribution in [-0.2, 0) is 6.18 Å². The minimum Gasteiger partial charge on any atom is -0.492 e. The van der Waals surface area contributed by atoms with Crippen molar-refractivity contribution in [3.05, 3.63) is 65.2 Å². The lowest BCUT2D eigenvalue weighted by atomic mass is 9.89. The average molecular weight is 428 g/mol. The monoisotopic (exact) mass is 427 g/mol. The Balaban J connectivity index is 0.00000300. The molecule has 0 unspecified atom stereocenters. The van der Waals surface area contributed by atoms with Gasteiger partial charge >= 0.3 is 6.18 Å². The topological polar surface area (TPSA) is 21.7 Å². The fourth-order valence-electron chi connectivity index (χ4n) is 3.09. The molecule has 0 spiro atoms. The van der Waals surface area contributed by atoms with Crippen LogP contribution in [0.15, 0.2) is 48.5 Å². The number of rotatable bonds is 5. The molecule has 7 heteroatoms. The van der Waals surface area contributed by atoms with Gasteiger partial charge in [-0.15, -0.1) is 12.4 Å². The summed E-state index contributed by atoms with van der Waals surface area (Å²) >= 11 is 0. The molecule has 0 saturated carbocycles. The van der Waals surface area contributed by atoms with Crippen LogP contribution in [0.1, 0.15) is 30.5 Å². The van der Waals surface area contributed by atoms with Crippen LogP contribution in [0.3, 0.4) is 0 Å². The lowest BCUT2D eigenvalue weighted by Gasteiger charge is -2.31. The van der Waals surface area contributed by atoms with Gasteiger partial charge in [-0.05, 0) is 69.4 Å². The fraction of sp³-hybridized carbons (Fsp3) is 0.364. The van der Waals surface area contributed by atoms with Crippen molar-refractivity contribution in [3.63, 3.8) is 0 Å². The summed E-state index contributed by atoms with van der Waals surface area (Å²) in [5.41, 5.74) is 0.656. The molecule has 0 N–H and O–H groups in total. The molecule has 0 radical (unpaired) electrons. The molecule has 3 nitrogen and oxygen atoms in total. The molecular formula is C22H25ClF3NO2. The lowest BCUT2D eigenvalue weighted by Crippen LogP contribution is -2.29. The van der Waals surface area contributed by atoms with Gasteiger partial charge < -0.3 is 14.4 Å². The summed E-state index contributed by atoms with van der Waals surface area (Å²) in [6, 6.07) is 10.8. The van der Waals surface area contributed by atoms with Gasteiger partial charge in [0.25, 0.3) is 0 Å². The highest BCUT2D eigenvalue weighted by atomic mass is 35.5. The zero-order chi connectivity index (χ0) is 20.5. The first-order valence-electron chi connectivity index (χ1n) is 9.07. The van der Waals surface area contributed by atoms with Gasteiger partial charge in [-0.1, -0.05) is 12.1 Å². The fourth-order valence-corrected chi connectivity index (χ4v) is 3.09. The Hall–Kier alpha value is -2.18. The van der Waals surface area contributed by atoms with E-state index in [2.05, 4.69) is 0 Å². The second kappa shape index (κ2) is 8.67. The smallest absolute Gasteiger partial charge is 0.416 e. The average Bonchev–Trinajstić information content (AvgIpc) is 2.59. The van der Waals surface area contributed by atoms with E-state index in [1.54, 1.807) is 12.1 Å². The van der Waals surface area contributed by atoms with Crippen molar-refractivity contribution >= 4 is 18.0 Å². The number of halogens is 4. The lowest BCUT2D eigenvalue weighted by molar-refractivity contribution is -0.137. The Morgan fingerprint density at radius 1 is 1.07 bits per heavy atom. The molecule has 0 amide bonds. The summed E-state index contributed by atoms with van der Waals surface area (Å²) < 4.78 is 51.3. The molecule has 1 aliphatic rings. The van der Waals surface area contributed by atoms with Gasteiger partial charge in [-0.2, -0.15) is 13.2 Å². The zero-order valence-electron chi connectivity index (χ0n) is 16.8. The molecule has 0 fully saturated rings. The maximum atomic E-state index is 13.1. The predicted molar refractivity (Wildman–Crippen MR) is 111 cm³/mol. The summed E-state index contributed by atoms with van der Waals surface area (Å²) in [5, 5.41) is 0. The van der Waals surface area contributed by atoms with E-state index in [0.717, 1.165) is 23.7 Å². The second-order valence-corrected chi connectivity index (χ2v) is 7.65. The van der Waals surface area contributed by atoms with E-state index in [0.29, 0.717) is 23.7 Å². The quantitative estimate of drug-likeness (QED) is 0.613. The van der Waals surface area contributed by atoms with E-state index in [-0.39, 0.29) is 12.4 Å². The van der Waals surface area contributed by atoms with E-state index < -0.39 is 17.3 Å². The number of ether oxygens (including phenoxy) is 2. The number of fused-ring (bicyclic) bond motifs is 1. The number of hydrogen-bond acceptors (Lipinski definition) is 3. The first-order valence-corrected chi connectivity index (χ1v) is 9.07. The Morgan fingerprint density at radius 2 is 1.79 bits per heavy atom. The minimum absolute atomic E-state index is 0. The molecule has 0 aliphatic carbocycles. The maximum absolute atomic E-state index is 13.1. The molecular weight excluding hydrogens is 403 g/mol. The molecule has 29 heavy (non-hydrogen) atoms. The molecule has 1 aliphatic heterocycles. The summed E-state index contributed by atoms with van der Waals surface area (Å²) in [5.74, 6) is 1.27. The molecule has 2 aromatic carbocycles. The Labute approximate surface area is 175 Å². The number of alkyl halides is 3. The first kappa shape index (κ1) is 23.1. The highest BCUT2D eigenvalue weighted by Crippen LogP contribution is 2.42. The van der Waals surface area contributed by atoms with Gasteiger partial charge in [-0.3, -0.25) is 0 Å². The van der Waals surface area contributed by atoms with Gasteiger partial charge in [0.05, 0.1) is 5.56 Å². The van der Waals surface area contributed by atoms with Crippen molar-refractivity contribution in [1.29, 1.82) is 0 Å². The van der Waals surface area contributed by atoms with Crippen LogP contribution in [-0.4, -0.2) is 37.7 Å². The van der Waals surface area contributed by atoms with Crippen LogP contribution in [0.5, 0.6) is 11.5 Å². The van der Waals surface area contributed by atoms with Gasteiger partial charge in [0.1, 0.15) is 23.7 Å². The number of hydrogen-bond donors (Lipinski definition) is 0. The molecule has 0 aromatic heterocycles. The van der Waals surface area contributed by atoms with Gasteiger partial charge in [0, 0.05) is 18.2 Å². The van der Waals surface area contributed by atoms with Crippen molar-refractivity contribution in [2.75, 3.05) is 27.2 Å². The van der Waals surface area contributed by atoms with Crippen LogP contribution in [0, 0.1) is 0 Å². The third-order valence-electron chi connectivity index (χ3n) is 4.42. The molecule has 1 heterocycles. The largest absolute Gasteiger partial charge is 0.492 e.